The molecule has 0 fully saturated rings. The van der Waals surface area contributed by atoms with Crippen molar-refractivity contribution in [2.75, 3.05) is 6.61 Å². The zero-order valence-corrected chi connectivity index (χ0v) is 9.12. The first-order valence-electron chi connectivity index (χ1n) is 4.87. The van der Waals surface area contributed by atoms with E-state index in [-0.39, 0.29) is 24.3 Å². The lowest BCUT2D eigenvalue weighted by Crippen LogP contribution is -2.09. The maximum atomic E-state index is 10.8. The Morgan fingerprint density at radius 3 is 2.11 bits per heavy atom. The average molecular weight is 254 g/mol. The molecule has 0 aromatic heterocycles. The Morgan fingerprint density at radius 2 is 1.61 bits per heavy atom. The molecule has 0 bridgehead atoms. The van der Waals surface area contributed by atoms with Crippen LogP contribution < -0.4 is 4.74 Å². The fourth-order valence-corrected chi connectivity index (χ4v) is 1.23. The third-order valence-corrected chi connectivity index (χ3v) is 2.04. The fourth-order valence-electron chi connectivity index (χ4n) is 1.23. The van der Waals surface area contributed by atoms with Crippen molar-refractivity contribution in [3.05, 3.63) is 29.3 Å². The molecule has 1 rings (SSSR count). The molecule has 0 saturated carbocycles. The lowest BCUT2D eigenvalue weighted by atomic mass is 10.1. The molecular weight excluding hydrogens is 244 g/mol. The summed E-state index contributed by atoms with van der Waals surface area (Å²) in [5, 5.41) is 26.0. The van der Waals surface area contributed by atoms with Gasteiger partial charge in [-0.1, -0.05) is 0 Å². The Bertz CT molecular complexity index is 492. The minimum atomic E-state index is -1.39. The summed E-state index contributed by atoms with van der Waals surface area (Å²) in [5.74, 6) is -3.69. The third-order valence-electron chi connectivity index (χ3n) is 2.04. The number of carboxylic acids is 3. The molecule has 0 radical (unpaired) electrons. The first-order chi connectivity index (χ1) is 8.41. The van der Waals surface area contributed by atoms with E-state index < -0.39 is 23.5 Å². The minimum Gasteiger partial charge on any atom is -0.493 e. The van der Waals surface area contributed by atoms with Crippen LogP contribution in [0.15, 0.2) is 18.2 Å². The van der Waals surface area contributed by atoms with Gasteiger partial charge in [-0.25, -0.2) is 9.59 Å². The molecule has 96 valence electrons. The molecule has 0 saturated heterocycles. The molecule has 0 amide bonds. The van der Waals surface area contributed by atoms with Gasteiger partial charge < -0.3 is 20.1 Å². The zero-order valence-electron chi connectivity index (χ0n) is 9.12. The number of hydrogen-bond donors (Lipinski definition) is 3. The van der Waals surface area contributed by atoms with E-state index in [1.54, 1.807) is 0 Å². The van der Waals surface area contributed by atoms with Crippen LogP contribution in [0, 0.1) is 0 Å². The van der Waals surface area contributed by atoms with E-state index in [9.17, 15) is 14.4 Å². The molecule has 0 aliphatic carbocycles. The number of ether oxygens (including phenoxy) is 1. The lowest BCUT2D eigenvalue weighted by Gasteiger charge is -2.07. The quantitative estimate of drug-likeness (QED) is 0.690. The summed E-state index contributed by atoms with van der Waals surface area (Å²) in [4.78, 5) is 31.9. The molecule has 0 atom stereocenters. The number of rotatable bonds is 6. The number of hydrogen-bond acceptors (Lipinski definition) is 4. The smallest absolute Gasteiger partial charge is 0.336 e. The Labute approximate surface area is 101 Å². The number of benzene rings is 1. The summed E-state index contributed by atoms with van der Waals surface area (Å²) in [6.45, 7) is -0.124. The van der Waals surface area contributed by atoms with Crippen molar-refractivity contribution < 1.29 is 34.4 Å². The molecule has 0 heterocycles. The van der Waals surface area contributed by atoms with Gasteiger partial charge >= 0.3 is 17.9 Å². The zero-order chi connectivity index (χ0) is 13.7. The molecule has 18 heavy (non-hydrogen) atoms. The monoisotopic (exact) mass is 254 g/mol. The summed E-state index contributed by atoms with van der Waals surface area (Å²) >= 11 is 0. The first kappa shape index (κ1) is 13.5. The molecule has 7 heteroatoms. The Hall–Kier alpha value is -2.57. The molecule has 7 nitrogen and oxygen atoms in total. The topological polar surface area (TPSA) is 121 Å². The van der Waals surface area contributed by atoms with Gasteiger partial charge in [0.15, 0.2) is 0 Å². The van der Waals surface area contributed by atoms with Crippen LogP contribution in [0.3, 0.4) is 0 Å². The Balaban J connectivity index is 2.90. The summed E-state index contributed by atoms with van der Waals surface area (Å²) in [6.07, 6.45) is -0.233. The highest BCUT2D eigenvalue weighted by Crippen LogP contribution is 2.18. The predicted molar refractivity (Wildman–Crippen MR) is 58.1 cm³/mol. The Morgan fingerprint density at radius 1 is 1.00 bits per heavy atom. The van der Waals surface area contributed by atoms with Crippen LogP contribution in [-0.2, 0) is 4.79 Å². The van der Waals surface area contributed by atoms with E-state index >= 15 is 0 Å². The van der Waals surface area contributed by atoms with Gasteiger partial charge in [-0.3, -0.25) is 4.79 Å². The molecule has 0 aliphatic heterocycles. The van der Waals surface area contributed by atoms with Gasteiger partial charge in [0, 0.05) is 0 Å². The molecule has 0 aliphatic rings. The van der Waals surface area contributed by atoms with Gasteiger partial charge in [-0.2, -0.15) is 0 Å². The van der Waals surface area contributed by atoms with E-state index in [0.29, 0.717) is 0 Å². The molecule has 0 spiro atoms. The maximum Gasteiger partial charge on any atom is 0.336 e. The highest BCUT2D eigenvalue weighted by Gasteiger charge is 2.16. The van der Waals surface area contributed by atoms with Gasteiger partial charge in [0.05, 0.1) is 24.2 Å². The van der Waals surface area contributed by atoms with Crippen LogP contribution >= 0.6 is 0 Å². The Kier molecular flexibility index (Phi) is 4.25. The number of carbonyl (C=O) groups is 3. The predicted octanol–water partition coefficient (Wildman–Crippen LogP) is 0.937. The second kappa shape index (κ2) is 5.67. The molecule has 1 aromatic rings. The van der Waals surface area contributed by atoms with E-state index in [1.165, 1.54) is 6.07 Å². The van der Waals surface area contributed by atoms with E-state index in [1.807, 2.05) is 0 Å². The van der Waals surface area contributed by atoms with Gasteiger partial charge in [0.2, 0.25) is 0 Å². The van der Waals surface area contributed by atoms with E-state index in [2.05, 4.69) is 0 Å². The van der Waals surface area contributed by atoms with Gasteiger partial charge in [-0.05, 0) is 18.2 Å². The number of aliphatic carboxylic acids is 1. The highest BCUT2D eigenvalue weighted by molar-refractivity contribution is 6.01. The standard InChI is InChI=1S/C11H10O7/c12-9(13)3-4-18-6-1-2-7(10(14)15)8(5-6)11(16)17/h1-2,5H,3-4H2,(H,12,13)(H,14,15)(H,16,17). The van der Waals surface area contributed by atoms with Crippen molar-refractivity contribution in [1.82, 2.24) is 0 Å². The van der Waals surface area contributed by atoms with Crippen molar-refractivity contribution in [2.24, 2.45) is 0 Å². The fraction of sp³-hybridized carbons (Fsp3) is 0.182. The first-order valence-corrected chi connectivity index (χ1v) is 4.87. The van der Waals surface area contributed by atoms with E-state index in [4.69, 9.17) is 20.1 Å². The van der Waals surface area contributed by atoms with Gasteiger partial charge in [0.25, 0.3) is 0 Å². The molecule has 3 N–H and O–H groups in total. The van der Waals surface area contributed by atoms with Crippen molar-refractivity contribution in [2.45, 2.75) is 6.42 Å². The number of aromatic carboxylic acids is 2. The van der Waals surface area contributed by atoms with Crippen molar-refractivity contribution in [3.63, 3.8) is 0 Å². The lowest BCUT2D eigenvalue weighted by molar-refractivity contribution is -0.137. The second-order valence-corrected chi connectivity index (χ2v) is 3.31. The minimum absolute atomic E-state index is 0.110. The van der Waals surface area contributed by atoms with E-state index in [0.717, 1.165) is 12.1 Å². The number of carboxylic acid groups (broad SMARTS) is 3. The summed E-state index contributed by atoms with van der Waals surface area (Å²) in [6, 6.07) is 3.42. The second-order valence-electron chi connectivity index (χ2n) is 3.31. The van der Waals surface area contributed by atoms with Crippen LogP contribution in [0.4, 0.5) is 0 Å². The average Bonchev–Trinajstić information content (AvgIpc) is 2.28. The van der Waals surface area contributed by atoms with Crippen LogP contribution in [0.2, 0.25) is 0 Å². The molecule has 0 unspecified atom stereocenters. The van der Waals surface area contributed by atoms with Crippen LogP contribution in [0.25, 0.3) is 0 Å². The molecule has 1 aromatic carbocycles. The van der Waals surface area contributed by atoms with Crippen molar-refractivity contribution in [3.8, 4) is 5.75 Å². The van der Waals surface area contributed by atoms with Crippen LogP contribution in [-0.4, -0.2) is 39.8 Å². The third kappa shape index (κ3) is 3.48. The van der Waals surface area contributed by atoms with Gasteiger partial charge in [-0.15, -0.1) is 0 Å². The van der Waals surface area contributed by atoms with Crippen molar-refractivity contribution >= 4 is 17.9 Å². The summed E-state index contributed by atoms with van der Waals surface area (Å²) in [7, 11) is 0. The summed E-state index contributed by atoms with van der Waals surface area (Å²) < 4.78 is 5.01. The molecular formula is C11H10O7. The normalized spacial score (nSPS) is 9.78. The van der Waals surface area contributed by atoms with Crippen molar-refractivity contribution in [1.29, 1.82) is 0 Å². The van der Waals surface area contributed by atoms with Crippen LogP contribution in [0.1, 0.15) is 27.1 Å². The van der Waals surface area contributed by atoms with Gasteiger partial charge in [0.1, 0.15) is 5.75 Å². The SMILES string of the molecule is O=C(O)CCOc1ccc(C(=O)O)c(C(=O)O)c1. The van der Waals surface area contributed by atoms with Crippen LogP contribution in [0.5, 0.6) is 5.75 Å². The summed E-state index contributed by atoms with van der Waals surface area (Å²) in [5.41, 5.74) is -0.761. The maximum absolute atomic E-state index is 10.8. The highest BCUT2D eigenvalue weighted by atomic mass is 16.5. The largest absolute Gasteiger partial charge is 0.493 e.